The number of hydrogen-bond donors (Lipinski definition) is 2. The number of aromatic carboxylic acids is 1. The van der Waals surface area contributed by atoms with E-state index in [2.05, 4.69) is 5.32 Å². The van der Waals surface area contributed by atoms with E-state index in [-0.39, 0.29) is 10.8 Å². The number of unbranched alkanes of at least 4 members (excludes halogenated alkanes) is 1. The molecule has 1 aromatic heterocycles. The number of benzene rings is 1. The van der Waals surface area contributed by atoms with Crippen LogP contribution < -0.4 is 5.32 Å². The van der Waals surface area contributed by atoms with E-state index in [4.69, 9.17) is 23.2 Å². The monoisotopic (exact) mass is 371 g/mol. The summed E-state index contributed by atoms with van der Waals surface area (Å²) in [4.78, 5) is 23.5. The predicted molar refractivity (Wildman–Crippen MR) is 94.9 cm³/mol. The molecule has 0 unspecified atom stereocenters. The first kappa shape index (κ1) is 17.8. The van der Waals surface area contributed by atoms with Gasteiger partial charge in [0.1, 0.15) is 4.88 Å². The zero-order valence-corrected chi connectivity index (χ0v) is 14.7. The van der Waals surface area contributed by atoms with E-state index in [9.17, 15) is 14.7 Å². The molecule has 2 N–H and O–H groups in total. The molecular formula is C16H15Cl2NO3S. The number of carbonyl (C=O) groups is 2. The molecule has 0 atom stereocenters. The molecule has 2 rings (SSSR count). The summed E-state index contributed by atoms with van der Waals surface area (Å²) in [5, 5.41) is 14.5. The molecule has 7 heteroatoms. The van der Waals surface area contributed by atoms with Crippen LogP contribution in [0.5, 0.6) is 0 Å². The van der Waals surface area contributed by atoms with E-state index < -0.39 is 5.97 Å². The molecule has 0 aliphatic heterocycles. The SMILES string of the molecule is CCCCC(=O)Nc1c(-c2ccc(Cl)c(Cl)c2)csc1C(=O)O. The van der Waals surface area contributed by atoms with Crippen LogP contribution in [-0.2, 0) is 4.79 Å². The summed E-state index contributed by atoms with van der Waals surface area (Å²) < 4.78 is 0. The van der Waals surface area contributed by atoms with Gasteiger partial charge in [-0.1, -0.05) is 42.6 Å². The molecule has 0 fully saturated rings. The molecule has 0 saturated heterocycles. The lowest BCUT2D eigenvalue weighted by atomic mass is 10.1. The normalized spacial score (nSPS) is 10.6. The van der Waals surface area contributed by atoms with Crippen LogP contribution in [0.25, 0.3) is 11.1 Å². The van der Waals surface area contributed by atoms with Crippen molar-refractivity contribution < 1.29 is 14.7 Å². The van der Waals surface area contributed by atoms with Crippen molar-refractivity contribution in [2.45, 2.75) is 26.2 Å². The van der Waals surface area contributed by atoms with Crippen molar-refractivity contribution in [1.82, 2.24) is 0 Å². The van der Waals surface area contributed by atoms with E-state index in [1.54, 1.807) is 23.6 Å². The van der Waals surface area contributed by atoms with Gasteiger partial charge in [-0.3, -0.25) is 4.79 Å². The lowest BCUT2D eigenvalue weighted by Gasteiger charge is -2.09. The van der Waals surface area contributed by atoms with Gasteiger partial charge >= 0.3 is 5.97 Å². The van der Waals surface area contributed by atoms with Gasteiger partial charge < -0.3 is 10.4 Å². The van der Waals surface area contributed by atoms with Crippen molar-refractivity contribution in [3.8, 4) is 11.1 Å². The first-order valence-electron chi connectivity index (χ1n) is 7.04. The summed E-state index contributed by atoms with van der Waals surface area (Å²) >= 11 is 13.0. The second-order valence-electron chi connectivity index (χ2n) is 4.94. The Labute approximate surface area is 148 Å². The van der Waals surface area contributed by atoms with Gasteiger partial charge in [0.05, 0.1) is 15.7 Å². The molecule has 0 aliphatic carbocycles. The third-order valence-corrected chi connectivity index (χ3v) is 4.94. The van der Waals surface area contributed by atoms with Crippen molar-refractivity contribution in [1.29, 1.82) is 0 Å². The van der Waals surface area contributed by atoms with Crippen LogP contribution in [-0.4, -0.2) is 17.0 Å². The summed E-state index contributed by atoms with van der Waals surface area (Å²) in [5.74, 6) is -1.28. The van der Waals surface area contributed by atoms with E-state index in [1.165, 1.54) is 0 Å². The lowest BCUT2D eigenvalue weighted by Crippen LogP contribution is -2.13. The molecule has 0 aliphatic rings. The first-order valence-corrected chi connectivity index (χ1v) is 8.67. The second kappa shape index (κ2) is 7.81. The van der Waals surface area contributed by atoms with Gasteiger partial charge in [0, 0.05) is 17.4 Å². The molecule has 1 aromatic carbocycles. The molecule has 0 spiro atoms. The highest BCUT2D eigenvalue weighted by Gasteiger charge is 2.20. The maximum Gasteiger partial charge on any atom is 0.348 e. The molecule has 4 nitrogen and oxygen atoms in total. The Morgan fingerprint density at radius 3 is 2.61 bits per heavy atom. The standard InChI is InChI=1S/C16H15Cl2NO3S/c1-2-3-4-13(20)19-14-10(8-23-15(14)16(21)22)9-5-6-11(17)12(18)7-9/h5-8H,2-4H2,1H3,(H,19,20)(H,21,22). The van der Waals surface area contributed by atoms with Crippen molar-refractivity contribution in [2.75, 3.05) is 5.32 Å². The zero-order chi connectivity index (χ0) is 17.0. The third-order valence-electron chi connectivity index (χ3n) is 3.24. The highest BCUT2D eigenvalue weighted by atomic mass is 35.5. The lowest BCUT2D eigenvalue weighted by molar-refractivity contribution is -0.116. The summed E-state index contributed by atoms with van der Waals surface area (Å²) in [6.07, 6.45) is 2.00. The quantitative estimate of drug-likeness (QED) is 0.699. The van der Waals surface area contributed by atoms with E-state index in [0.717, 1.165) is 24.2 Å². The molecule has 23 heavy (non-hydrogen) atoms. The Kier molecular flexibility index (Phi) is 6.04. The molecule has 0 saturated carbocycles. The molecule has 122 valence electrons. The van der Waals surface area contributed by atoms with Crippen LogP contribution in [0, 0.1) is 0 Å². The number of halogens is 2. The average Bonchev–Trinajstić information content (AvgIpc) is 2.91. The Morgan fingerprint density at radius 2 is 2.00 bits per heavy atom. The van der Waals surface area contributed by atoms with Gasteiger partial charge in [0.15, 0.2) is 0 Å². The van der Waals surface area contributed by atoms with Crippen LogP contribution in [0.2, 0.25) is 10.0 Å². The van der Waals surface area contributed by atoms with E-state index in [0.29, 0.717) is 33.3 Å². The minimum absolute atomic E-state index is 0.0934. The van der Waals surface area contributed by atoms with Crippen LogP contribution in [0.4, 0.5) is 5.69 Å². The van der Waals surface area contributed by atoms with Crippen molar-refractivity contribution >= 4 is 52.1 Å². The highest BCUT2D eigenvalue weighted by molar-refractivity contribution is 7.13. The Balaban J connectivity index is 2.41. The third kappa shape index (κ3) is 4.25. The topological polar surface area (TPSA) is 66.4 Å². The molecule has 0 radical (unpaired) electrons. The zero-order valence-electron chi connectivity index (χ0n) is 12.4. The molecule has 1 amide bonds. The van der Waals surface area contributed by atoms with Gasteiger partial charge in [-0.15, -0.1) is 11.3 Å². The average molecular weight is 372 g/mol. The fourth-order valence-electron chi connectivity index (χ4n) is 2.05. The fourth-order valence-corrected chi connectivity index (χ4v) is 3.22. The number of hydrogen-bond acceptors (Lipinski definition) is 3. The summed E-state index contributed by atoms with van der Waals surface area (Å²) in [6, 6.07) is 5.03. The van der Waals surface area contributed by atoms with Crippen molar-refractivity contribution in [3.05, 3.63) is 38.5 Å². The number of thiophene rings is 1. The number of amides is 1. The fraction of sp³-hybridized carbons (Fsp3) is 0.250. The van der Waals surface area contributed by atoms with Crippen molar-refractivity contribution in [2.24, 2.45) is 0 Å². The predicted octanol–water partition coefficient (Wildman–Crippen LogP) is 5.55. The minimum atomic E-state index is -1.08. The van der Waals surface area contributed by atoms with E-state index >= 15 is 0 Å². The molecule has 0 bridgehead atoms. The number of nitrogens with one attached hydrogen (secondary N) is 1. The number of carboxylic acids is 1. The second-order valence-corrected chi connectivity index (χ2v) is 6.63. The summed E-state index contributed by atoms with van der Waals surface area (Å²) in [7, 11) is 0. The number of carbonyl (C=O) groups excluding carboxylic acids is 1. The van der Waals surface area contributed by atoms with Crippen LogP contribution in [0.3, 0.4) is 0 Å². The molecular weight excluding hydrogens is 357 g/mol. The maximum absolute atomic E-state index is 12.0. The first-order chi connectivity index (χ1) is 10.9. The molecule has 1 heterocycles. The summed E-state index contributed by atoms with van der Waals surface area (Å²) in [6.45, 7) is 1.99. The Bertz CT molecular complexity index is 743. The van der Waals surface area contributed by atoms with Crippen LogP contribution in [0.1, 0.15) is 35.9 Å². The van der Waals surface area contributed by atoms with Gasteiger partial charge in [0.2, 0.25) is 5.91 Å². The molecule has 2 aromatic rings. The van der Waals surface area contributed by atoms with Crippen molar-refractivity contribution in [3.63, 3.8) is 0 Å². The Morgan fingerprint density at radius 1 is 1.26 bits per heavy atom. The maximum atomic E-state index is 12.0. The minimum Gasteiger partial charge on any atom is -0.477 e. The van der Waals surface area contributed by atoms with Gasteiger partial charge in [-0.2, -0.15) is 0 Å². The van der Waals surface area contributed by atoms with Gasteiger partial charge in [-0.05, 0) is 24.1 Å². The van der Waals surface area contributed by atoms with Crippen LogP contribution >= 0.6 is 34.5 Å². The van der Waals surface area contributed by atoms with Crippen LogP contribution in [0.15, 0.2) is 23.6 Å². The van der Waals surface area contributed by atoms with Gasteiger partial charge in [-0.25, -0.2) is 4.79 Å². The van der Waals surface area contributed by atoms with E-state index in [1.807, 2.05) is 6.92 Å². The van der Waals surface area contributed by atoms with Gasteiger partial charge in [0.25, 0.3) is 0 Å². The smallest absolute Gasteiger partial charge is 0.348 e. The number of rotatable bonds is 6. The Hall–Kier alpha value is -1.56. The summed E-state index contributed by atoms with van der Waals surface area (Å²) in [5.41, 5.74) is 1.63. The largest absolute Gasteiger partial charge is 0.477 e. The highest BCUT2D eigenvalue weighted by Crippen LogP contribution is 2.38. The number of carboxylic acid groups (broad SMARTS) is 1. The number of anilines is 1.